The molecule has 16 heavy (non-hydrogen) atoms. The predicted octanol–water partition coefficient (Wildman–Crippen LogP) is -1.69. The molecular weight excluding hydrogens is 216 g/mol. The van der Waals surface area contributed by atoms with Crippen molar-refractivity contribution in [1.82, 2.24) is 10.2 Å². The number of urea groups is 1. The molecule has 0 bridgehead atoms. The number of epoxide rings is 2. The molecule has 2 heterocycles. The van der Waals surface area contributed by atoms with Gasteiger partial charge < -0.3 is 19.5 Å². The van der Waals surface area contributed by atoms with E-state index in [2.05, 4.69) is 5.32 Å². The van der Waals surface area contributed by atoms with Gasteiger partial charge in [0, 0.05) is 0 Å². The monoisotopic (exact) mass is 230 g/mol. The minimum absolute atomic E-state index is 0.0636. The zero-order valence-electron chi connectivity index (χ0n) is 8.72. The Morgan fingerprint density at radius 3 is 2.12 bits per heavy atom. The summed E-state index contributed by atoms with van der Waals surface area (Å²) in [5.41, 5.74) is 0. The second kappa shape index (κ2) is 4.77. The summed E-state index contributed by atoms with van der Waals surface area (Å²) < 4.78 is 10.1. The van der Waals surface area contributed by atoms with Crippen molar-refractivity contribution in [3.05, 3.63) is 0 Å². The largest absolute Gasteiger partial charge is 0.387 e. The van der Waals surface area contributed by atoms with Crippen LogP contribution >= 0.6 is 0 Å². The van der Waals surface area contributed by atoms with Gasteiger partial charge >= 0.3 is 6.03 Å². The van der Waals surface area contributed by atoms with Gasteiger partial charge in [0.05, 0.1) is 38.5 Å². The Hall–Kier alpha value is -1.18. The SMILES string of the molecule is O=C(CO)NC(=O)N(CC1CO1)CC1CO1. The van der Waals surface area contributed by atoms with E-state index in [1.165, 1.54) is 4.90 Å². The molecule has 2 rings (SSSR count). The number of rotatable bonds is 5. The maximum absolute atomic E-state index is 11.6. The van der Waals surface area contributed by atoms with Crippen LogP contribution in [0.15, 0.2) is 0 Å². The van der Waals surface area contributed by atoms with Crippen molar-refractivity contribution < 1.29 is 24.2 Å². The van der Waals surface area contributed by atoms with E-state index in [9.17, 15) is 9.59 Å². The summed E-state index contributed by atoms with van der Waals surface area (Å²) in [6.07, 6.45) is 0.127. The molecule has 7 nitrogen and oxygen atoms in total. The second-order valence-electron chi connectivity index (χ2n) is 3.83. The molecule has 0 saturated carbocycles. The zero-order valence-corrected chi connectivity index (χ0v) is 8.72. The lowest BCUT2D eigenvalue weighted by Gasteiger charge is -2.20. The first-order valence-corrected chi connectivity index (χ1v) is 5.12. The van der Waals surface area contributed by atoms with Gasteiger partial charge in [0.2, 0.25) is 0 Å². The maximum atomic E-state index is 11.6. The number of nitrogens with zero attached hydrogens (tertiary/aromatic N) is 1. The van der Waals surface area contributed by atoms with Crippen LogP contribution in [0.2, 0.25) is 0 Å². The van der Waals surface area contributed by atoms with Gasteiger partial charge in [-0.25, -0.2) is 4.79 Å². The predicted molar refractivity (Wildman–Crippen MR) is 51.7 cm³/mol. The fourth-order valence-electron chi connectivity index (χ4n) is 1.32. The highest BCUT2D eigenvalue weighted by Crippen LogP contribution is 2.15. The van der Waals surface area contributed by atoms with E-state index in [0.717, 1.165) is 0 Å². The molecule has 2 saturated heterocycles. The van der Waals surface area contributed by atoms with E-state index in [1.54, 1.807) is 0 Å². The summed E-state index contributed by atoms with van der Waals surface area (Å²) in [5.74, 6) is -0.705. The lowest BCUT2D eigenvalue weighted by Crippen LogP contribution is -2.46. The van der Waals surface area contributed by atoms with E-state index < -0.39 is 18.5 Å². The Balaban J connectivity index is 1.82. The van der Waals surface area contributed by atoms with Crippen LogP contribution in [-0.2, 0) is 14.3 Å². The fourth-order valence-corrected chi connectivity index (χ4v) is 1.32. The first kappa shape index (κ1) is 11.3. The smallest absolute Gasteiger partial charge is 0.324 e. The van der Waals surface area contributed by atoms with Gasteiger partial charge in [0.15, 0.2) is 0 Å². The first-order valence-electron chi connectivity index (χ1n) is 5.12. The minimum Gasteiger partial charge on any atom is -0.387 e. The van der Waals surface area contributed by atoms with Gasteiger partial charge in [-0.15, -0.1) is 0 Å². The summed E-state index contributed by atoms with van der Waals surface area (Å²) >= 11 is 0. The van der Waals surface area contributed by atoms with E-state index >= 15 is 0 Å². The highest BCUT2D eigenvalue weighted by Gasteiger charge is 2.33. The van der Waals surface area contributed by atoms with E-state index in [0.29, 0.717) is 26.3 Å². The second-order valence-corrected chi connectivity index (χ2v) is 3.83. The summed E-state index contributed by atoms with van der Waals surface area (Å²) in [6, 6.07) is -0.509. The Bertz CT molecular complexity index is 274. The van der Waals surface area contributed by atoms with Gasteiger partial charge in [0.25, 0.3) is 5.91 Å². The number of carbonyl (C=O) groups is 2. The molecule has 2 fully saturated rings. The number of aliphatic hydroxyl groups is 1. The molecule has 7 heteroatoms. The number of hydrogen-bond acceptors (Lipinski definition) is 5. The lowest BCUT2D eigenvalue weighted by molar-refractivity contribution is -0.122. The Labute approximate surface area is 92.3 Å². The Kier molecular flexibility index (Phi) is 3.37. The van der Waals surface area contributed by atoms with Crippen LogP contribution in [0.25, 0.3) is 0 Å². The van der Waals surface area contributed by atoms with Crippen molar-refractivity contribution in [3.63, 3.8) is 0 Å². The van der Waals surface area contributed by atoms with Crippen LogP contribution < -0.4 is 5.32 Å². The van der Waals surface area contributed by atoms with Crippen LogP contribution in [0.3, 0.4) is 0 Å². The number of carbonyl (C=O) groups excluding carboxylic acids is 2. The van der Waals surface area contributed by atoms with Gasteiger partial charge in [0.1, 0.15) is 6.61 Å². The van der Waals surface area contributed by atoms with Crippen molar-refractivity contribution in [3.8, 4) is 0 Å². The number of imide groups is 1. The molecule has 90 valence electrons. The minimum atomic E-state index is -0.705. The lowest BCUT2D eigenvalue weighted by atomic mass is 10.3. The third kappa shape index (κ3) is 3.44. The molecule has 2 aliphatic heterocycles. The molecular formula is C9H14N2O5. The van der Waals surface area contributed by atoms with Crippen molar-refractivity contribution in [2.24, 2.45) is 0 Å². The molecule has 2 unspecified atom stereocenters. The summed E-state index contributed by atoms with van der Waals surface area (Å²) in [7, 11) is 0. The zero-order chi connectivity index (χ0) is 11.5. The van der Waals surface area contributed by atoms with E-state index in [-0.39, 0.29) is 12.2 Å². The van der Waals surface area contributed by atoms with Crippen LogP contribution in [-0.4, -0.2) is 67.1 Å². The number of amides is 3. The van der Waals surface area contributed by atoms with Gasteiger partial charge in [-0.1, -0.05) is 0 Å². The topological polar surface area (TPSA) is 94.7 Å². The molecule has 0 aromatic heterocycles. The van der Waals surface area contributed by atoms with Crippen molar-refractivity contribution in [2.75, 3.05) is 32.9 Å². The van der Waals surface area contributed by atoms with Crippen LogP contribution in [0.1, 0.15) is 0 Å². The maximum Gasteiger partial charge on any atom is 0.324 e. The van der Waals surface area contributed by atoms with Gasteiger partial charge in [-0.05, 0) is 0 Å². The van der Waals surface area contributed by atoms with Gasteiger partial charge in [-0.3, -0.25) is 10.1 Å². The molecule has 0 aromatic carbocycles. The average molecular weight is 230 g/mol. The number of hydrogen-bond donors (Lipinski definition) is 2. The third-order valence-corrected chi connectivity index (χ3v) is 2.33. The van der Waals surface area contributed by atoms with Crippen molar-refractivity contribution in [1.29, 1.82) is 0 Å². The standard InChI is InChI=1S/C9H14N2O5/c12-3-8(13)10-9(14)11(1-6-4-15-6)2-7-5-16-7/h6-7,12H,1-5H2,(H,10,13,14). The highest BCUT2D eigenvalue weighted by molar-refractivity contribution is 5.94. The molecule has 2 aliphatic rings. The molecule has 0 spiro atoms. The molecule has 2 N–H and O–H groups in total. The highest BCUT2D eigenvalue weighted by atomic mass is 16.6. The van der Waals surface area contributed by atoms with E-state index in [4.69, 9.17) is 14.6 Å². The quantitative estimate of drug-likeness (QED) is 0.550. The summed E-state index contributed by atoms with van der Waals surface area (Å²) in [6.45, 7) is 1.49. The molecule has 0 radical (unpaired) electrons. The number of nitrogens with one attached hydrogen (secondary N) is 1. The van der Waals surface area contributed by atoms with Crippen molar-refractivity contribution in [2.45, 2.75) is 12.2 Å². The third-order valence-electron chi connectivity index (χ3n) is 2.33. The normalized spacial score (nSPS) is 26.1. The molecule has 0 aliphatic carbocycles. The number of ether oxygens (including phenoxy) is 2. The summed E-state index contributed by atoms with van der Waals surface area (Å²) in [5, 5.41) is 10.6. The average Bonchev–Trinajstić information content (AvgIpc) is 3.10. The fraction of sp³-hybridized carbons (Fsp3) is 0.778. The molecule has 2 atom stereocenters. The molecule has 3 amide bonds. The van der Waals surface area contributed by atoms with Crippen molar-refractivity contribution >= 4 is 11.9 Å². The number of aliphatic hydroxyl groups excluding tert-OH is 1. The Morgan fingerprint density at radius 1 is 1.25 bits per heavy atom. The van der Waals surface area contributed by atoms with Crippen LogP contribution in [0, 0.1) is 0 Å². The van der Waals surface area contributed by atoms with E-state index in [1.807, 2.05) is 0 Å². The summed E-state index contributed by atoms with van der Waals surface area (Å²) in [4.78, 5) is 23.9. The first-order chi connectivity index (χ1) is 7.69. The van der Waals surface area contributed by atoms with Crippen LogP contribution in [0.5, 0.6) is 0 Å². The molecule has 0 aromatic rings. The Morgan fingerprint density at radius 2 is 1.75 bits per heavy atom. The van der Waals surface area contributed by atoms with Gasteiger partial charge in [-0.2, -0.15) is 0 Å². The van der Waals surface area contributed by atoms with Crippen LogP contribution in [0.4, 0.5) is 4.79 Å².